The average Bonchev–Trinajstić information content (AvgIpc) is 3.92. The molecule has 0 aliphatic heterocycles. The van der Waals surface area contributed by atoms with E-state index in [1.54, 1.807) is 18.2 Å². The standard InChI is InChI=1S/C32H26Cl2F2N2O10/c1-42-24-10-4-19(12-28(24)44-22-8-6-21(7-9-22)38(40)41)26(14-23-29(47-33)15-37-16-30(23)48-34)45-31(39)20-5-11-25(46-32(35)36)27(13-20)43-17-18-2-3-18/h4-13,15-16,18,26,32H,2-3,14,17H2,1H3. The molecule has 16 heteroatoms. The van der Waals surface area contributed by atoms with Gasteiger partial charge in [-0.15, -0.1) is 0 Å². The lowest BCUT2D eigenvalue weighted by Gasteiger charge is -2.22. The van der Waals surface area contributed by atoms with E-state index in [9.17, 15) is 23.7 Å². The maximum atomic E-state index is 13.6. The summed E-state index contributed by atoms with van der Waals surface area (Å²) < 4.78 is 63.8. The number of alkyl halides is 2. The summed E-state index contributed by atoms with van der Waals surface area (Å²) in [7, 11) is 1.42. The van der Waals surface area contributed by atoms with Gasteiger partial charge in [0.2, 0.25) is 0 Å². The number of nitro benzene ring substituents is 1. The van der Waals surface area contributed by atoms with Crippen molar-refractivity contribution in [1.82, 2.24) is 4.98 Å². The van der Waals surface area contributed by atoms with Crippen molar-refractivity contribution in [2.75, 3.05) is 13.7 Å². The van der Waals surface area contributed by atoms with Gasteiger partial charge in [0, 0.05) is 24.1 Å². The van der Waals surface area contributed by atoms with Crippen LogP contribution in [0, 0.1) is 16.0 Å². The Kier molecular flexibility index (Phi) is 11.2. The van der Waals surface area contributed by atoms with E-state index in [-0.39, 0.29) is 64.3 Å². The Morgan fingerprint density at radius 1 is 0.938 bits per heavy atom. The largest absolute Gasteiger partial charge is 0.493 e. The zero-order valence-electron chi connectivity index (χ0n) is 25.0. The molecule has 1 heterocycles. The second-order valence-electron chi connectivity index (χ2n) is 10.4. The van der Waals surface area contributed by atoms with E-state index < -0.39 is 23.6 Å². The van der Waals surface area contributed by atoms with Crippen molar-refractivity contribution in [1.29, 1.82) is 0 Å². The fraction of sp³-hybridized carbons (Fsp3) is 0.250. The van der Waals surface area contributed by atoms with Gasteiger partial charge in [0.15, 0.2) is 34.5 Å². The summed E-state index contributed by atoms with van der Waals surface area (Å²) in [6.45, 7) is -2.83. The Balaban J connectivity index is 1.50. The maximum Gasteiger partial charge on any atom is 0.387 e. The lowest BCUT2D eigenvalue weighted by Crippen LogP contribution is -2.15. The van der Waals surface area contributed by atoms with Gasteiger partial charge in [0.05, 0.1) is 36.6 Å². The van der Waals surface area contributed by atoms with Crippen LogP contribution in [0.15, 0.2) is 73.1 Å². The van der Waals surface area contributed by atoms with Crippen molar-refractivity contribution in [3.05, 3.63) is 99.9 Å². The summed E-state index contributed by atoms with van der Waals surface area (Å²) in [6.07, 6.45) is 3.30. The topological polar surface area (TPSA) is 138 Å². The first-order chi connectivity index (χ1) is 23.2. The summed E-state index contributed by atoms with van der Waals surface area (Å²) in [6, 6.07) is 13.9. The number of hydrogen-bond donors (Lipinski definition) is 0. The minimum absolute atomic E-state index is 0.0133. The van der Waals surface area contributed by atoms with Gasteiger partial charge in [0.1, 0.15) is 35.6 Å². The van der Waals surface area contributed by atoms with Crippen molar-refractivity contribution in [2.24, 2.45) is 5.92 Å². The maximum absolute atomic E-state index is 13.6. The molecule has 1 saturated carbocycles. The molecule has 0 N–H and O–H groups in total. The van der Waals surface area contributed by atoms with Crippen molar-refractivity contribution >= 4 is 35.4 Å². The van der Waals surface area contributed by atoms with Gasteiger partial charge in [-0.1, -0.05) is 6.07 Å². The zero-order valence-corrected chi connectivity index (χ0v) is 26.5. The summed E-state index contributed by atoms with van der Waals surface area (Å²) >= 11 is 11.4. The van der Waals surface area contributed by atoms with E-state index in [0.29, 0.717) is 17.2 Å². The van der Waals surface area contributed by atoms with Gasteiger partial charge >= 0.3 is 12.6 Å². The molecule has 0 radical (unpaired) electrons. The molecule has 0 amide bonds. The first-order valence-electron chi connectivity index (χ1n) is 14.3. The van der Waals surface area contributed by atoms with Crippen molar-refractivity contribution in [3.8, 4) is 40.2 Å². The fourth-order valence-electron chi connectivity index (χ4n) is 4.56. The highest BCUT2D eigenvalue weighted by Crippen LogP contribution is 2.40. The average molecular weight is 707 g/mol. The number of hydrogen-bond acceptors (Lipinski definition) is 11. The van der Waals surface area contributed by atoms with E-state index in [4.69, 9.17) is 51.3 Å². The Labute approximate surface area is 282 Å². The molecule has 0 bridgehead atoms. The van der Waals surface area contributed by atoms with Crippen molar-refractivity contribution < 1.29 is 50.8 Å². The number of pyridine rings is 1. The number of rotatable bonds is 16. The molecule has 0 spiro atoms. The van der Waals surface area contributed by atoms with Gasteiger partial charge in [0.25, 0.3) is 5.69 Å². The smallest absolute Gasteiger partial charge is 0.387 e. The molecule has 4 aromatic rings. The summed E-state index contributed by atoms with van der Waals surface area (Å²) in [5.74, 6) is 0.0569. The van der Waals surface area contributed by atoms with Gasteiger partial charge in [-0.2, -0.15) is 8.78 Å². The summed E-state index contributed by atoms with van der Waals surface area (Å²) in [5, 5.41) is 11.1. The number of ether oxygens (including phenoxy) is 5. The van der Waals surface area contributed by atoms with Crippen LogP contribution in [0.5, 0.6) is 40.2 Å². The quantitative estimate of drug-likeness (QED) is 0.0631. The van der Waals surface area contributed by atoms with Gasteiger partial charge in [-0.05, 0) is 66.8 Å². The molecule has 5 rings (SSSR count). The number of non-ortho nitro benzene ring substituents is 1. The Morgan fingerprint density at radius 3 is 2.23 bits per heavy atom. The van der Waals surface area contributed by atoms with E-state index >= 15 is 0 Å². The molecule has 252 valence electrons. The monoisotopic (exact) mass is 706 g/mol. The third kappa shape index (κ3) is 8.63. The zero-order chi connectivity index (χ0) is 34.2. The summed E-state index contributed by atoms with van der Waals surface area (Å²) in [5.41, 5.74) is 0.537. The molecule has 1 aliphatic rings. The first-order valence-corrected chi connectivity index (χ1v) is 14.9. The number of methoxy groups -OCH3 is 1. The number of halogens is 4. The molecule has 12 nitrogen and oxygen atoms in total. The van der Waals surface area contributed by atoms with Crippen LogP contribution in [0.25, 0.3) is 0 Å². The third-order valence-electron chi connectivity index (χ3n) is 7.19. The number of esters is 1. The molecule has 48 heavy (non-hydrogen) atoms. The normalized spacial score (nSPS) is 13.0. The van der Waals surface area contributed by atoms with Crippen LogP contribution in [-0.4, -0.2) is 36.2 Å². The predicted octanol–water partition coefficient (Wildman–Crippen LogP) is 8.39. The van der Waals surface area contributed by atoms with Crippen LogP contribution < -0.4 is 27.5 Å². The molecule has 1 aromatic heterocycles. The number of nitro groups is 1. The minimum Gasteiger partial charge on any atom is -0.493 e. The highest BCUT2D eigenvalue weighted by molar-refractivity contribution is 6.10. The van der Waals surface area contributed by atoms with Crippen molar-refractivity contribution in [2.45, 2.75) is 32.0 Å². The van der Waals surface area contributed by atoms with Crippen LogP contribution in [0.3, 0.4) is 0 Å². The molecule has 1 atom stereocenters. The molecule has 3 aromatic carbocycles. The molecule has 0 saturated heterocycles. The number of carbonyl (C=O) groups is 1. The van der Waals surface area contributed by atoms with Gasteiger partial charge in [-0.25, -0.2) is 4.79 Å². The predicted molar refractivity (Wildman–Crippen MR) is 167 cm³/mol. The van der Waals surface area contributed by atoms with E-state index in [1.165, 1.54) is 62.0 Å². The van der Waals surface area contributed by atoms with E-state index in [1.807, 2.05) is 0 Å². The van der Waals surface area contributed by atoms with Gasteiger partial charge in [-0.3, -0.25) is 15.1 Å². The highest BCUT2D eigenvalue weighted by Gasteiger charge is 2.27. The van der Waals surface area contributed by atoms with Crippen LogP contribution in [0.1, 0.15) is 40.4 Å². The van der Waals surface area contributed by atoms with E-state index in [2.05, 4.69) is 9.72 Å². The summed E-state index contributed by atoms with van der Waals surface area (Å²) in [4.78, 5) is 28.2. The lowest BCUT2D eigenvalue weighted by molar-refractivity contribution is -0.384. The first kappa shape index (κ1) is 34.3. The van der Waals surface area contributed by atoms with Crippen LogP contribution in [-0.2, 0) is 11.2 Å². The number of aromatic nitrogens is 1. The number of nitrogens with zero attached hydrogens (tertiary/aromatic N) is 2. The van der Waals surface area contributed by atoms with Crippen LogP contribution >= 0.6 is 23.7 Å². The fourth-order valence-corrected chi connectivity index (χ4v) is 4.83. The number of benzene rings is 3. The van der Waals surface area contributed by atoms with E-state index in [0.717, 1.165) is 12.8 Å². The Bertz CT molecular complexity index is 1740. The second-order valence-corrected chi connectivity index (χ2v) is 10.7. The highest BCUT2D eigenvalue weighted by atomic mass is 35.5. The minimum atomic E-state index is -3.11. The molecular formula is C32H26Cl2F2N2O10. The number of carbonyl (C=O) groups excluding carboxylic acids is 1. The van der Waals surface area contributed by atoms with Crippen LogP contribution in [0.2, 0.25) is 0 Å². The molecular weight excluding hydrogens is 681 g/mol. The van der Waals surface area contributed by atoms with Crippen LogP contribution in [0.4, 0.5) is 14.5 Å². The SMILES string of the molecule is COc1ccc(C(Cc2c(OCl)cncc2OCl)OC(=O)c2ccc(OC(F)F)c(OCC3CC3)c2)cc1Oc1ccc([N+](=O)[O-])cc1. The third-order valence-corrected chi connectivity index (χ3v) is 7.52. The second kappa shape index (κ2) is 15.7. The Hall–Kier alpha value is -5.08. The molecule has 1 fully saturated rings. The van der Waals surface area contributed by atoms with Crippen molar-refractivity contribution in [3.63, 3.8) is 0 Å². The molecule has 1 aliphatic carbocycles. The lowest BCUT2D eigenvalue weighted by atomic mass is 10.00. The van der Waals surface area contributed by atoms with Gasteiger partial charge < -0.3 is 32.3 Å². The Morgan fingerprint density at radius 2 is 1.62 bits per heavy atom. The molecule has 1 unspecified atom stereocenters.